The van der Waals surface area contributed by atoms with Gasteiger partial charge in [0.15, 0.2) is 0 Å². The molecule has 190 valence electrons. The molecule has 0 radical (unpaired) electrons. The summed E-state index contributed by atoms with van der Waals surface area (Å²) in [6.07, 6.45) is 8.61. The summed E-state index contributed by atoms with van der Waals surface area (Å²) in [5, 5.41) is 3.40. The predicted octanol–water partition coefficient (Wildman–Crippen LogP) is 3.90. The van der Waals surface area contributed by atoms with Gasteiger partial charge in [-0.2, -0.15) is 0 Å². The molecule has 3 aliphatic rings. The molecule has 4 heterocycles. The fourth-order valence-corrected chi connectivity index (χ4v) is 5.11. The van der Waals surface area contributed by atoms with Crippen molar-refractivity contribution in [3.8, 4) is 5.75 Å². The Morgan fingerprint density at radius 1 is 1.24 bits per heavy atom. The monoisotopic (exact) mass is 474 g/mol. The Morgan fingerprint density at radius 2 is 2.06 bits per heavy atom. The van der Waals surface area contributed by atoms with Crippen molar-refractivity contribution in [3.63, 3.8) is 0 Å². The Hall–Kier alpha value is -1.90. The predicted molar refractivity (Wildman–Crippen MR) is 131 cm³/mol. The lowest BCUT2D eigenvalue weighted by molar-refractivity contribution is 0.0110. The zero-order valence-corrected chi connectivity index (χ0v) is 21.2. The molecule has 1 aromatic rings. The van der Waals surface area contributed by atoms with Gasteiger partial charge in [-0.1, -0.05) is 0 Å². The molecule has 1 unspecified atom stereocenters. The number of hydrogen-bond acceptors (Lipinski definition) is 7. The van der Waals surface area contributed by atoms with Crippen molar-refractivity contribution in [1.29, 1.82) is 0 Å². The standard InChI is InChI=1S/C26H42N4O4/c1-26(2,3)34-25(31)30-17-11-21-24(22(30)7-6-16-29-15-4-5-18-32-19-29)23(10-14-28-21)33-20-8-12-27-13-9-20/h10,14,20,22,27H,4-9,11-13,15-19H2,1-3H3. The van der Waals surface area contributed by atoms with E-state index in [1.165, 1.54) is 6.42 Å². The van der Waals surface area contributed by atoms with Gasteiger partial charge in [0.05, 0.1) is 18.5 Å². The Kier molecular flexibility index (Phi) is 8.66. The topological polar surface area (TPSA) is 76.2 Å². The minimum Gasteiger partial charge on any atom is -0.490 e. The summed E-state index contributed by atoms with van der Waals surface area (Å²) >= 11 is 0. The quantitative estimate of drug-likeness (QED) is 0.670. The van der Waals surface area contributed by atoms with Crippen LogP contribution in [0.2, 0.25) is 0 Å². The fourth-order valence-electron chi connectivity index (χ4n) is 5.11. The van der Waals surface area contributed by atoms with E-state index in [0.29, 0.717) is 19.7 Å². The van der Waals surface area contributed by atoms with E-state index >= 15 is 0 Å². The highest BCUT2D eigenvalue weighted by Crippen LogP contribution is 2.40. The summed E-state index contributed by atoms with van der Waals surface area (Å²) in [6, 6.07) is 1.88. The molecule has 1 aromatic heterocycles. The van der Waals surface area contributed by atoms with Crippen LogP contribution in [0.3, 0.4) is 0 Å². The maximum Gasteiger partial charge on any atom is 0.410 e. The Labute approximate surface area is 204 Å². The molecule has 1 atom stereocenters. The number of rotatable bonds is 6. The third-order valence-corrected chi connectivity index (χ3v) is 6.78. The molecule has 0 saturated carbocycles. The second kappa shape index (κ2) is 11.7. The first-order valence-electron chi connectivity index (χ1n) is 13.1. The third kappa shape index (κ3) is 6.83. The zero-order valence-electron chi connectivity index (χ0n) is 21.2. The second-order valence-electron chi connectivity index (χ2n) is 10.7. The van der Waals surface area contributed by atoms with Crippen LogP contribution in [0.15, 0.2) is 12.3 Å². The molecule has 8 nitrogen and oxygen atoms in total. The summed E-state index contributed by atoms with van der Waals surface area (Å²) in [5.41, 5.74) is 1.59. The number of carbonyl (C=O) groups is 1. The van der Waals surface area contributed by atoms with Crippen LogP contribution in [0.1, 0.15) is 76.6 Å². The van der Waals surface area contributed by atoms with E-state index in [2.05, 4.69) is 10.2 Å². The fraction of sp³-hybridized carbons (Fsp3) is 0.769. The van der Waals surface area contributed by atoms with Crippen LogP contribution in [0, 0.1) is 0 Å². The lowest BCUT2D eigenvalue weighted by Crippen LogP contribution is -2.44. The molecule has 34 heavy (non-hydrogen) atoms. The van der Waals surface area contributed by atoms with Crippen molar-refractivity contribution < 1.29 is 19.0 Å². The number of piperidine rings is 1. The third-order valence-electron chi connectivity index (χ3n) is 6.78. The molecule has 0 aromatic carbocycles. The summed E-state index contributed by atoms with van der Waals surface area (Å²) in [4.78, 5) is 22.2. The lowest BCUT2D eigenvalue weighted by Gasteiger charge is -2.39. The summed E-state index contributed by atoms with van der Waals surface area (Å²) in [7, 11) is 0. The van der Waals surface area contributed by atoms with E-state index in [9.17, 15) is 4.79 Å². The molecular weight excluding hydrogens is 432 g/mol. The van der Waals surface area contributed by atoms with Gasteiger partial charge in [0, 0.05) is 44.4 Å². The van der Waals surface area contributed by atoms with Crippen LogP contribution in [0.25, 0.3) is 0 Å². The van der Waals surface area contributed by atoms with E-state index < -0.39 is 5.60 Å². The normalized spacial score (nSPS) is 22.7. The Morgan fingerprint density at radius 3 is 2.85 bits per heavy atom. The van der Waals surface area contributed by atoms with Crippen molar-refractivity contribution in [2.45, 2.75) is 83.5 Å². The molecule has 2 saturated heterocycles. The van der Waals surface area contributed by atoms with Crippen molar-refractivity contribution in [1.82, 2.24) is 20.1 Å². The van der Waals surface area contributed by atoms with E-state index in [0.717, 1.165) is 81.9 Å². The van der Waals surface area contributed by atoms with Crippen LogP contribution < -0.4 is 10.1 Å². The average molecular weight is 475 g/mol. The molecule has 4 rings (SSSR count). The molecule has 3 aliphatic heterocycles. The van der Waals surface area contributed by atoms with Crippen LogP contribution >= 0.6 is 0 Å². The number of aromatic nitrogens is 1. The molecule has 2 fully saturated rings. The number of amides is 1. The number of pyridine rings is 1. The van der Waals surface area contributed by atoms with Crippen molar-refractivity contribution in [3.05, 3.63) is 23.5 Å². The number of fused-ring (bicyclic) bond motifs is 1. The summed E-state index contributed by atoms with van der Waals surface area (Å²) < 4.78 is 18.1. The number of carbonyl (C=O) groups excluding carboxylic acids is 1. The smallest absolute Gasteiger partial charge is 0.410 e. The van der Waals surface area contributed by atoms with E-state index in [-0.39, 0.29) is 18.2 Å². The molecular formula is C26H42N4O4. The minimum atomic E-state index is -0.533. The second-order valence-corrected chi connectivity index (χ2v) is 10.7. The van der Waals surface area contributed by atoms with Gasteiger partial charge in [0.25, 0.3) is 0 Å². The SMILES string of the molecule is CC(C)(C)OC(=O)N1CCc2nccc(OC3CCNCC3)c2C1CCCN1CCCCOC1. The summed E-state index contributed by atoms with van der Waals surface area (Å²) in [5.74, 6) is 0.883. The Balaban J connectivity index is 1.54. The molecule has 8 heteroatoms. The van der Waals surface area contributed by atoms with Gasteiger partial charge in [-0.05, 0) is 78.5 Å². The molecule has 0 bridgehead atoms. The number of hydrogen-bond donors (Lipinski definition) is 1. The number of ether oxygens (including phenoxy) is 3. The molecule has 1 amide bonds. The van der Waals surface area contributed by atoms with Gasteiger partial charge < -0.3 is 24.4 Å². The Bertz CT molecular complexity index is 798. The minimum absolute atomic E-state index is 0.100. The van der Waals surface area contributed by atoms with Gasteiger partial charge in [0.2, 0.25) is 0 Å². The number of nitrogens with zero attached hydrogens (tertiary/aromatic N) is 3. The highest BCUT2D eigenvalue weighted by molar-refractivity contribution is 5.70. The van der Waals surface area contributed by atoms with Crippen LogP contribution in [0.4, 0.5) is 4.79 Å². The van der Waals surface area contributed by atoms with E-state index in [1.807, 2.05) is 37.9 Å². The van der Waals surface area contributed by atoms with Gasteiger partial charge in [0.1, 0.15) is 17.5 Å². The van der Waals surface area contributed by atoms with Gasteiger partial charge in [-0.25, -0.2) is 4.79 Å². The van der Waals surface area contributed by atoms with Crippen molar-refractivity contribution in [2.75, 3.05) is 46.1 Å². The summed E-state index contributed by atoms with van der Waals surface area (Å²) in [6.45, 7) is 11.9. The molecule has 0 aliphatic carbocycles. The average Bonchev–Trinajstić information content (AvgIpc) is 3.07. The van der Waals surface area contributed by atoms with Crippen LogP contribution in [-0.4, -0.2) is 78.6 Å². The van der Waals surface area contributed by atoms with E-state index in [1.54, 1.807) is 0 Å². The zero-order chi connectivity index (χ0) is 24.0. The van der Waals surface area contributed by atoms with Gasteiger partial charge in [-0.15, -0.1) is 0 Å². The largest absolute Gasteiger partial charge is 0.490 e. The van der Waals surface area contributed by atoms with E-state index in [4.69, 9.17) is 19.2 Å². The van der Waals surface area contributed by atoms with Crippen molar-refractivity contribution >= 4 is 6.09 Å². The lowest BCUT2D eigenvalue weighted by atomic mass is 9.92. The van der Waals surface area contributed by atoms with Crippen LogP contribution in [-0.2, 0) is 15.9 Å². The first-order chi connectivity index (χ1) is 16.4. The highest BCUT2D eigenvalue weighted by atomic mass is 16.6. The highest BCUT2D eigenvalue weighted by Gasteiger charge is 2.36. The van der Waals surface area contributed by atoms with Crippen LogP contribution in [0.5, 0.6) is 5.75 Å². The molecule has 0 spiro atoms. The first-order valence-corrected chi connectivity index (χ1v) is 13.1. The maximum absolute atomic E-state index is 13.2. The van der Waals surface area contributed by atoms with Crippen molar-refractivity contribution in [2.24, 2.45) is 0 Å². The van der Waals surface area contributed by atoms with Gasteiger partial charge in [-0.3, -0.25) is 9.88 Å². The van der Waals surface area contributed by atoms with Gasteiger partial charge >= 0.3 is 6.09 Å². The maximum atomic E-state index is 13.2. The molecule has 1 N–H and O–H groups in total. The first kappa shape index (κ1) is 25.2. The number of nitrogens with one attached hydrogen (secondary N) is 1.